The molecule has 0 aliphatic carbocycles. The number of nitrogens with zero attached hydrogens (tertiary/aromatic N) is 1. The van der Waals surface area contributed by atoms with Gasteiger partial charge in [-0.25, -0.2) is 9.59 Å². The largest absolute Gasteiger partial charge is 0.480 e. The molecule has 0 bridgehead atoms. The Balaban J connectivity index is 1.98. The molecule has 2 rings (SSSR count). The Morgan fingerprint density at radius 1 is 1.19 bits per heavy atom. The summed E-state index contributed by atoms with van der Waals surface area (Å²) in [5.41, 5.74) is 1.88. The van der Waals surface area contributed by atoms with E-state index in [9.17, 15) is 9.59 Å². The molecule has 0 aliphatic heterocycles. The first-order valence-electron chi connectivity index (χ1n) is 8.45. The first kappa shape index (κ1) is 20.5. The van der Waals surface area contributed by atoms with E-state index < -0.39 is 12.6 Å². The second kappa shape index (κ2) is 10.3. The lowest BCUT2D eigenvalue weighted by Gasteiger charge is -2.06. The first-order valence-corrected chi connectivity index (χ1v) is 8.82. The molecule has 0 unspecified atom stereocenters. The Morgan fingerprint density at radius 3 is 2.56 bits per heavy atom. The number of carboxylic acids is 1. The number of ether oxygens (including phenoxy) is 2. The van der Waals surface area contributed by atoms with Crippen LogP contribution in [0.15, 0.2) is 47.5 Å². The van der Waals surface area contributed by atoms with Crippen molar-refractivity contribution in [3.63, 3.8) is 0 Å². The molecular weight excluding hydrogens is 370 g/mol. The van der Waals surface area contributed by atoms with Crippen LogP contribution in [0.4, 0.5) is 5.69 Å². The van der Waals surface area contributed by atoms with Crippen molar-refractivity contribution in [1.29, 1.82) is 0 Å². The predicted molar refractivity (Wildman–Crippen MR) is 103 cm³/mol. The molecule has 0 spiro atoms. The molecule has 0 heterocycles. The van der Waals surface area contributed by atoms with Crippen LogP contribution in [0, 0.1) is 0 Å². The lowest BCUT2D eigenvalue weighted by Crippen LogP contribution is -2.09. The molecule has 0 fully saturated rings. The number of esters is 1. The molecule has 2 aromatic rings. The van der Waals surface area contributed by atoms with Gasteiger partial charge in [0.1, 0.15) is 5.75 Å². The number of unbranched alkanes of at least 4 members (excludes halogenated alkanes) is 1. The lowest BCUT2D eigenvalue weighted by atomic mass is 10.2. The maximum Gasteiger partial charge on any atom is 0.341 e. The Kier molecular flexibility index (Phi) is 7.82. The number of aliphatic imine (C=N–C) groups is 1. The minimum Gasteiger partial charge on any atom is -0.480 e. The van der Waals surface area contributed by atoms with Crippen LogP contribution >= 0.6 is 11.6 Å². The minimum absolute atomic E-state index is 0.294. The van der Waals surface area contributed by atoms with Gasteiger partial charge in [-0.1, -0.05) is 24.9 Å². The van der Waals surface area contributed by atoms with Crippen molar-refractivity contribution >= 4 is 35.4 Å². The summed E-state index contributed by atoms with van der Waals surface area (Å²) in [6, 6.07) is 11.7. The monoisotopic (exact) mass is 389 g/mol. The fourth-order valence-corrected chi connectivity index (χ4v) is 2.32. The van der Waals surface area contributed by atoms with Crippen molar-refractivity contribution in [1.82, 2.24) is 0 Å². The summed E-state index contributed by atoms with van der Waals surface area (Å²) in [6.45, 7) is 1.99. The normalized spacial score (nSPS) is 10.7. The number of hydrogen-bond acceptors (Lipinski definition) is 5. The molecule has 1 N–H and O–H groups in total. The maximum absolute atomic E-state index is 11.9. The zero-order valence-corrected chi connectivity index (χ0v) is 15.6. The van der Waals surface area contributed by atoms with Crippen molar-refractivity contribution in [2.45, 2.75) is 19.8 Å². The SMILES string of the molecule is CCCCOC(=O)c1ccc(N=Cc2ccc(OCC(=O)O)c(Cl)c2)cc1. The number of carbonyl (C=O) groups is 2. The fraction of sp³-hybridized carbons (Fsp3) is 0.250. The van der Waals surface area contributed by atoms with E-state index in [0.717, 1.165) is 18.4 Å². The highest BCUT2D eigenvalue weighted by atomic mass is 35.5. The third kappa shape index (κ3) is 6.75. The van der Waals surface area contributed by atoms with Crippen LogP contribution in [-0.2, 0) is 9.53 Å². The molecule has 142 valence electrons. The van der Waals surface area contributed by atoms with Crippen molar-refractivity contribution in [2.24, 2.45) is 4.99 Å². The lowest BCUT2D eigenvalue weighted by molar-refractivity contribution is -0.139. The maximum atomic E-state index is 11.9. The molecule has 7 heteroatoms. The van der Waals surface area contributed by atoms with E-state index in [4.69, 9.17) is 26.2 Å². The van der Waals surface area contributed by atoms with Crippen molar-refractivity contribution < 1.29 is 24.2 Å². The van der Waals surface area contributed by atoms with Gasteiger partial charge in [0.2, 0.25) is 0 Å². The van der Waals surface area contributed by atoms with Gasteiger partial charge in [0.15, 0.2) is 6.61 Å². The van der Waals surface area contributed by atoms with E-state index in [2.05, 4.69) is 4.99 Å². The third-order valence-electron chi connectivity index (χ3n) is 3.50. The Bertz CT molecular complexity index is 818. The van der Waals surface area contributed by atoms with Gasteiger partial charge in [-0.05, 0) is 54.4 Å². The number of halogens is 1. The standard InChI is InChI=1S/C20H20ClNO5/c1-2-3-10-26-20(25)15-5-7-16(8-6-15)22-12-14-4-9-18(17(21)11-14)27-13-19(23)24/h4-9,11-12H,2-3,10,13H2,1H3,(H,23,24). The number of aliphatic carboxylic acids is 1. The average Bonchev–Trinajstić information content (AvgIpc) is 2.66. The van der Waals surface area contributed by atoms with Gasteiger partial charge in [0, 0.05) is 6.21 Å². The number of carboxylic acid groups (broad SMARTS) is 1. The highest BCUT2D eigenvalue weighted by molar-refractivity contribution is 6.32. The number of hydrogen-bond donors (Lipinski definition) is 1. The molecule has 2 aromatic carbocycles. The van der Waals surface area contributed by atoms with Crippen LogP contribution < -0.4 is 4.74 Å². The minimum atomic E-state index is -1.07. The van der Waals surface area contributed by atoms with Crippen LogP contribution in [0.2, 0.25) is 5.02 Å². The van der Waals surface area contributed by atoms with Gasteiger partial charge in [-0.2, -0.15) is 0 Å². The summed E-state index contributed by atoms with van der Waals surface area (Å²) >= 11 is 6.07. The van der Waals surface area contributed by atoms with Gasteiger partial charge in [0.25, 0.3) is 0 Å². The zero-order valence-electron chi connectivity index (χ0n) is 14.9. The molecule has 0 amide bonds. The highest BCUT2D eigenvalue weighted by Gasteiger charge is 2.07. The summed E-state index contributed by atoms with van der Waals surface area (Å²) in [5.74, 6) is -1.13. The molecule has 27 heavy (non-hydrogen) atoms. The fourth-order valence-electron chi connectivity index (χ4n) is 2.08. The molecule has 0 saturated carbocycles. The zero-order chi connectivity index (χ0) is 19.6. The van der Waals surface area contributed by atoms with E-state index in [1.54, 1.807) is 48.7 Å². The number of benzene rings is 2. The number of carbonyl (C=O) groups excluding carboxylic acids is 1. The second-order valence-electron chi connectivity index (χ2n) is 5.67. The Hall–Kier alpha value is -2.86. The molecule has 6 nitrogen and oxygen atoms in total. The molecule has 0 radical (unpaired) electrons. The molecular formula is C20H20ClNO5. The quantitative estimate of drug-likeness (QED) is 0.387. The first-order chi connectivity index (χ1) is 13.0. The Labute approximate surface area is 162 Å². The van der Waals surface area contributed by atoms with Gasteiger partial charge in [0.05, 0.1) is 22.9 Å². The average molecular weight is 390 g/mol. The van der Waals surface area contributed by atoms with E-state index in [1.807, 2.05) is 6.92 Å². The molecule has 0 aliphatic rings. The summed E-state index contributed by atoms with van der Waals surface area (Å²) in [4.78, 5) is 26.7. The van der Waals surface area contributed by atoms with E-state index >= 15 is 0 Å². The molecule has 0 saturated heterocycles. The molecule has 0 atom stereocenters. The number of rotatable bonds is 9. The van der Waals surface area contributed by atoms with E-state index in [1.165, 1.54) is 0 Å². The summed E-state index contributed by atoms with van der Waals surface area (Å²) in [6.07, 6.45) is 3.43. The Morgan fingerprint density at radius 2 is 1.93 bits per heavy atom. The van der Waals surface area contributed by atoms with Crippen LogP contribution in [0.5, 0.6) is 5.75 Å². The van der Waals surface area contributed by atoms with Crippen LogP contribution in [0.1, 0.15) is 35.7 Å². The van der Waals surface area contributed by atoms with Crippen molar-refractivity contribution in [3.05, 3.63) is 58.6 Å². The van der Waals surface area contributed by atoms with Crippen molar-refractivity contribution in [2.75, 3.05) is 13.2 Å². The summed E-state index contributed by atoms with van der Waals surface area (Å²) < 4.78 is 10.2. The predicted octanol–water partition coefficient (Wildman–Crippen LogP) is 4.51. The smallest absolute Gasteiger partial charge is 0.341 e. The third-order valence-corrected chi connectivity index (χ3v) is 3.80. The van der Waals surface area contributed by atoms with Crippen molar-refractivity contribution in [3.8, 4) is 5.75 Å². The summed E-state index contributed by atoms with van der Waals surface area (Å²) in [5, 5.41) is 8.92. The van der Waals surface area contributed by atoms with Crippen LogP contribution in [-0.4, -0.2) is 36.5 Å². The van der Waals surface area contributed by atoms with Gasteiger partial charge in [-0.3, -0.25) is 4.99 Å². The van der Waals surface area contributed by atoms with Gasteiger partial charge < -0.3 is 14.6 Å². The topological polar surface area (TPSA) is 85.2 Å². The molecule has 0 aromatic heterocycles. The highest BCUT2D eigenvalue weighted by Crippen LogP contribution is 2.25. The van der Waals surface area contributed by atoms with Gasteiger partial charge >= 0.3 is 11.9 Å². The van der Waals surface area contributed by atoms with Gasteiger partial charge in [-0.15, -0.1) is 0 Å². The van der Waals surface area contributed by atoms with E-state index in [0.29, 0.717) is 28.6 Å². The van der Waals surface area contributed by atoms with Crippen LogP contribution in [0.25, 0.3) is 0 Å². The van der Waals surface area contributed by atoms with Crippen LogP contribution in [0.3, 0.4) is 0 Å². The van der Waals surface area contributed by atoms with E-state index in [-0.39, 0.29) is 5.97 Å². The summed E-state index contributed by atoms with van der Waals surface area (Å²) in [7, 11) is 0. The second-order valence-corrected chi connectivity index (χ2v) is 6.07.